The van der Waals surface area contributed by atoms with Crippen molar-refractivity contribution < 1.29 is 4.79 Å². The summed E-state index contributed by atoms with van der Waals surface area (Å²) >= 11 is 6.10. The maximum Gasteiger partial charge on any atom is 0.254 e. The van der Waals surface area contributed by atoms with Crippen LogP contribution in [-0.2, 0) is 0 Å². The van der Waals surface area contributed by atoms with Gasteiger partial charge in [-0.1, -0.05) is 17.7 Å². The number of benzene rings is 1. The predicted molar refractivity (Wildman–Crippen MR) is 78.5 cm³/mol. The fraction of sp³-hybridized carbons (Fsp3) is 0.533. The minimum absolute atomic E-state index is 0.0834. The van der Waals surface area contributed by atoms with Gasteiger partial charge in [0.25, 0.3) is 5.91 Å². The van der Waals surface area contributed by atoms with Gasteiger partial charge in [0.15, 0.2) is 0 Å². The molecule has 0 radical (unpaired) electrons. The van der Waals surface area contributed by atoms with E-state index >= 15 is 0 Å². The monoisotopic (exact) mass is 280 g/mol. The fourth-order valence-corrected chi connectivity index (χ4v) is 2.83. The van der Waals surface area contributed by atoms with Crippen LogP contribution in [0.3, 0.4) is 0 Å². The standard InChI is InChI=1S/C15H21ClN2O/c1-11-5-6-12(10-14(11)16)15(19)18-9-3-2-4-13(18)7-8-17/h5-6,10,13H,2-4,7-9,17H2,1H3. The number of piperidine rings is 1. The number of hydrogen-bond acceptors (Lipinski definition) is 2. The molecule has 0 aliphatic carbocycles. The van der Waals surface area contributed by atoms with E-state index in [4.69, 9.17) is 17.3 Å². The Balaban J connectivity index is 2.18. The summed E-state index contributed by atoms with van der Waals surface area (Å²) in [5.74, 6) is 0.0834. The molecule has 1 aliphatic rings. The summed E-state index contributed by atoms with van der Waals surface area (Å²) in [5, 5.41) is 0.651. The summed E-state index contributed by atoms with van der Waals surface area (Å²) in [5.41, 5.74) is 7.32. The van der Waals surface area contributed by atoms with Crippen LogP contribution < -0.4 is 5.73 Å². The van der Waals surface area contributed by atoms with Gasteiger partial charge in [0.2, 0.25) is 0 Å². The van der Waals surface area contributed by atoms with Crippen molar-refractivity contribution in [1.29, 1.82) is 0 Å². The number of halogens is 1. The molecule has 1 aliphatic heterocycles. The largest absolute Gasteiger partial charge is 0.336 e. The lowest BCUT2D eigenvalue weighted by Crippen LogP contribution is -2.44. The van der Waals surface area contributed by atoms with Crippen LogP contribution in [0.25, 0.3) is 0 Å². The van der Waals surface area contributed by atoms with Crippen molar-refractivity contribution in [2.24, 2.45) is 5.73 Å². The van der Waals surface area contributed by atoms with Crippen molar-refractivity contribution in [3.05, 3.63) is 34.3 Å². The molecule has 3 nitrogen and oxygen atoms in total. The van der Waals surface area contributed by atoms with Gasteiger partial charge in [0, 0.05) is 23.2 Å². The van der Waals surface area contributed by atoms with Crippen LogP contribution >= 0.6 is 11.6 Å². The Morgan fingerprint density at radius 2 is 2.26 bits per heavy atom. The van der Waals surface area contributed by atoms with E-state index in [1.54, 1.807) is 6.07 Å². The molecule has 19 heavy (non-hydrogen) atoms. The van der Waals surface area contributed by atoms with Crippen molar-refractivity contribution in [3.63, 3.8) is 0 Å². The van der Waals surface area contributed by atoms with Crippen molar-refractivity contribution in [1.82, 2.24) is 4.90 Å². The minimum atomic E-state index is 0.0834. The fourth-order valence-electron chi connectivity index (χ4n) is 2.65. The van der Waals surface area contributed by atoms with Crippen molar-refractivity contribution >= 4 is 17.5 Å². The second-order valence-electron chi connectivity index (χ2n) is 5.19. The first-order valence-electron chi connectivity index (χ1n) is 6.90. The second-order valence-corrected chi connectivity index (χ2v) is 5.60. The molecular formula is C15H21ClN2O. The SMILES string of the molecule is Cc1ccc(C(=O)N2CCCCC2CCN)cc1Cl. The van der Waals surface area contributed by atoms with Gasteiger partial charge in [0.05, 0.1) is 0 Å². The molecular weight excluding hydrogens is 260 g/mol. The van der Waals surface area contributed by atoms with Crippen LogP contribution in [0.2, 0.25) is 5.02 Å². The lowest BCUT2D eigenvalue weighted by molar-refractivity contribution is 0.0605. The van der Waals surface area contributed by atoms with E-state index in [1.807, 2.05) is 24.0 Å². The Kier molecular flexibility index (Phi) is 4.83. The predicted octanol–water partition coefficient (Wildman–Crippen LogP) is 2.99. The summed E-state index contributed by atoms with van der Waals surface area (Å²) in [6.45, 7) is 3.40. The Morgan fingerprint density at radius 3 is 2.95 bits per heavy atom. The maximum absolute atomic E-state index is 12.6. The van der Waals surface area contributed by atoms with Gasteiger partial charge in [-0.3, -0.25) is 4.79 Å². The van der Waals surface area contributed by atoms with Crippen LogP contribution in [-0.4, -0.2) is 29.9 Å². The van der Waals surface area contributed by atoms with Crippen molar-refractivity contribution in [3.8, 4) is 0 Å². The minimum Gasteiger partial charge on any atom is -0.336 e. The molecule has 1 heterocycles. The normalized spacial score (nSPS) is 19.5. The molecule has 104 valence electrons. The molecule has 0 saturated carbocycles. The van der Waals surface area contributed by atoms with Crippen molar-refractivity contribution in [2.75, 3.05) is 13.1 Å². The third-order valence-electron chi connectivity index (χ3n) is 3.81. The van der Waals surface area contributed by atoms with Gasteiger partial charge in [0.1, 0.15) is 0 Å². The second kappa shape index (κ2) is 6.40. The molecule has 0 spiro atoms. The highest BCUT2D eigenvalue weighted by Gasteiger charge is 2.26. The van der Waals surface area contributed by atoms with Gasteiger partial charge in [-0.2, -0.15) is 0 Å². The molecule has 4 heteroatoms. The average molecular weight is 281 g/mol. The van der Waals surface area contributed by atoms with E-state index in [-0.39, 0.29) is 11.9 Å². The summed E-state index contributed by atoms with van der Waals surface area (Å²) in [6.07, 6.45) is 4.20. The Bertz CT molecular complexity index is 459. The summed E-state index contributed by atoms with van der Waals surface area (Å²) in [6, 6.07) is 5.81. The van der Waals surface area contributed by atoms with Crippen LogP contribution in [0.5, 0.6) is 0 Å². The highest BCUT2D eigenvalue weighted by atomic mass is 35.5. The number of aryl methyl sites for hydroxylation is 1. The number of nitrogens with two attached hydrogens (primary N) is 1. The van der Waals surface area contributed by atoms with Gasteiger partial charge in [-0.15, -0.1) is 0 Å². The number of carbonyl (C=O) groups is 1. The van der Waals surface area contributed by atoms with Crippen LogP contribution in [0.4, 0.5) is 0 Å². The molecule has 1 amide bonds. The first-order valence-corrected chi connectivity index (χ1v) is 7.28. The van der Waals surface area contributed by atoms with Gasteiger partial charge >= 0.3 is 0 Å². The highest BCUT2D eigenvalue weighted by molar-refractivity contribution is 6.31. The number of rotatable bonds is 3. The van der Waals surface area contributed by atoms with E-state index in [0.29, 0.717) is 17.1 Å². The zero-order chi connectivity index (χ0) is 13.8. The molecule has 1 fully saturated rings. The zero-order valence-electron chi connectivity index (χ0n) is 11.4. The highest BCUT2D eigenvalue weighted by Crippen LogP contribution is 2.23. The number of hydrogen-bond donors (Lipinski definition) is 1. The molecule has 2 rings (SSSR count). The Morgan fingerprint density at radius 1 is 1.47 bits per heavy atom. The number of likely N-dealkylation sites (tertiary alicyclic amines) is 1. The van der Waals surface area contributed by atoms with E-state index < -0.39 is 0 Å². The first kappa shape index (κ1) is 14.4. The van der Waals surface area contributed by atoms with Gasteiger partial charge < -0.3 is 10.6 Å². The Hall–Kier alpha value is -1.06. The quantitative estimate of drug-likeness (QED) is 0.925. The number of carbonyl (C=O) groups excluding carboxylic acids is 1. The van der Waals surface area contributed by atoms with Crippen LogP contribution in [0.15, 0.2) is 18.2 Å². The first-order chi connectivity index (χ1) is 9.13. The van der Waals surface area contributed by atoms with Crippen molar-refractivity contribution in [2.45, 2.75) is 38.6 Å². The molecule has 1 unspecified atom stereocenters. The van der Waals surface area contributed by atoms with E-state index in [9.17, 15) is 4.79 Å². The van der Waals surface area contributed by atoms with E-state index in [2.05, 4.69) is 0 Å². The number of amides is 1. The topological polar surface area (TPSA) is 46.3 Å². The third kappa shape index (κ3) is 3.28. The van der Waals surface area contributed by atoms with Gasteiger partial charge in [-0.05, 0) is 56.8 Å². The number of nitrogens with zero attached hydrogens (tertiary/aromatic N) is 1. The molecule has 1 atom stereocenters. The molecule has 1 saturated heterocycles. The smallest absolute Gasteiger partial charge is 0.254 e. The zero-order valence-corrected chi connectivity index (χ0v) is 12.1. The summed E-state index contributed by atoms with van der Waals surface area (Å²) < 4.78 is 0. The lowest BCUT2D eigenvalue weighted by atomic mass is 9.98. The van der Waals surface area contributed by atoms with E-state index in [1.165, 1.54) is 6.42 Å². The van der Waals surface area contributed by atoms with Crippen LogP contribution in [0.1, 0.15) is 41.6 Å². The Labute approximate surface area is 119 Å². The van der Waals surface area contributed by atoms with E-state index in [0.717, 1.165) is 31.4 Å². The summed E-state index contributed by atoms with van der Waals surface area (Å²) in [7, 11) is 0. The molecule has 0 bridgehead atoms. The molecule has 1 aromatic carbocycles. The summed E-state index contributed by atoms with van der Waals surface area (Å²) in [4.78, 5) is 14.5. The average Bonchev–Trinajstić information content (AvgIpc) is 2.42. The molecule has 2 N–H and O–H groups in total. The molecule has 1 aromatic rings. The van der Waals surface area contributed by atoms with Gasteiger partial charge in [-0.25, -0.2) is 0 Å². The third-order valence-corrected chi connectivity index (χ3v) is 4.21. The molecule has 0 aromatic heterocycles. The van der Waals surface area contributed by atoms with Crippen LogP contribution in [0, 0.1) is 6.92 Å². The maximum atomic E-state index is 12.6. The lowest BCUT2D eigenvalue weighted by Gasteiger charge is -2.35.